The number of pyridine rings is 1. The minimum Gasteiger partial charge on any atom is -0.478 e. The number of carboxylic acid groups (broad SMARTS) is 1. The van der Waals surface area contributed by atoms with Crippen LogP contribution in [0.15, 0.2) is 30.6 Å². The summed E-state index contributed by atoms with van der Waals surface area (Å²) in [6.45, 7) is 0. The number of aromatic nitrogens is 1. The van der Waals surface area contributed by atoms with Gasteiger partial charge in [-0.1, -0.05) is 6.07 Å². The van der Waals surface area contributed by atoms with Crippen LogP contribution in [0, 0.1) is 0 Å². The zero-order chi connectivity index (χ0) is 10.1. The van der Waals surface area contributed by atoms with Crippen LogP contribution < -0.4 is 5.73 Å². The molecule has 0 saturated carbocycles. The van der Waals surface area contributed by atoms with Crippen LogP contribution in [0.4, 0.5) is 5.69 Å². The second-order valence-corrected chi connectivity index (χ2v) is 2.93. The lowest BCUT2D eigenvalue weighted by Crippen LogP contribution is -2.03. The zero-order valence-electron chi connectivity index (χ0n) is 7.27. The van der Waals surface area contributed by atoms with E-state index in [4.69, 9.17) is 10.8 Å². The predicted molar refractivity (Wildman–Crippen MR) is 53.1 cm³/mol. The molecule has 0 fully saturated rings. The molecule has 0 bridgehead atoms. The minimum atomic E-state index is -1.03. The topological polar surface area (TPSA) is 76.2 Å². The normalized spacial score (nSPS) is 10.3. The smallest absolute Gasteiger partial charge is 0.338 e. The maximum atomic E-state index is 10.9. The number of carbonyl (C=O) groups is 1. The lowest BCUT2D eigenvalue weighted by Gasteiger charge is -2.04. The van der Waals surface area contributed by atoms with Crippen molar-refractivity contribution in [2.75, 3.05) is 5.73 Å². The molecule has 4 nitrogen and oxygen atoms in total. The van der Waals surface area contributed by atoms with Crippen molar-refractivity contribution in [1.29, 1.82) is 0 Å². The number of nitrogen functional groups attached to an aromatic ring is 1. The Kier molecular flexibility index (Phi) is 1.81. The third-order valence-corrected chi connectivity index (χ3v) is 2.07. The predicted octanol–water partition coefficient (Wildman–Crippen LogP) is 1.52. The molecule has 0 spiro atoms. The summed E-state index contributed by atoms with van der Waals surface area (Å²) in [6, 6.07) is 5.12. The summed E-state index contributed by atoms with van der Waals surface area (Å²) in [6.07, 6.45) is 3.12. The van der Waals surface area contributed by atoms with Gasteiger partial charge in [0.1, 0.15) is 0 Å². The average Bonchev–Trinajstić information content (AvgIpc) is 2.17. The van der Waals surface area contributed by atoms with E-state index >= 15 is 0 Å². The summed E-state index contributed by atoms with van der Waals surface area (Å²) in [7, 11) is 0. The molecule has 2 rings (SSSR count). The van der Waals surface area contributed by atoms with Gasteiger partial charge in [-0.15, -0.1) is 0 Å². The summed E-state index contributed by atoms with van der Waals surface area (Å²) >= 11 is 0. The van der Waals surface area contributed by atoms with Crippen LogP contribution in [0.25, 0.3) is 10.8 Å². The van der Waals surface area contributed by atoms with E-state index in [9.17, 15) is 4.79 Å². The van der Waals surface area contributed by atoms with Crippen LogP contribution in [0.1, 0.15) is 10.4 Å². The zero-order valence-corrected chi connectivity index (χ0v) is 7.27. The number of benzene rings is 1. The van der Waals surface area contributed by atoms with Crippen molar-refractivity contribution in [2.24, 2.45) is 0 Å². The quantitative estimate of drug-likeness (QED) is 0.665. The summed E-state index contributed by atoms with van der Waals surface area (Å²) in [5.41, 5.74) is 5.96. The van der Waals surface area contributed by atoms with Gasteiger partial charge in [-0.3, -0.25) is 4.98 Å². The molecular formula is C10H8N2O2. The highest BCUT2D eigenvalue weighted by atomic mass is 16.4. The van der Waals surface area contributed by atoms with E-state index in [0.717, 1.165) is 5.39 Å². The highest BCUT2D eigenvalue weighted by Crippen LogP contribution is 2.22. The van der Waals surface area contributed by atoms with Crippen LogP contribution in [0.5, 0.6) is 0 Å². The Morgan fingerprint density at radius 2 is 2.14 bits per heavy atom. The first-order valence-corrected chi connectivity index (χ1v) is 4.05. The van der Waals surface area contributed by atoms with Gasteiger partial charge in [0, 0.05) is 23.5 Å². The van der Waals surface area contributed by atoms with Gasteiger partial charge in [0.15, 0.2) is 0 Å². The molecule has 1 aromatic heterocycles. The van der Waals surface area contributed by atoms with E-state index in [1.807, 2.05) is 0 Å². The van der Waals surface area contributed by atoms with Crippen molar-refractivity contribution < 1.29 is 9.90 Å². The molecule has 0 aliphatic rings. The van der Waals surface area contributed by atoms with Crippen molar-refractivity contribution in [1.82, 2.24) is 4.98 Å². The standard InChI is InChI=1S/C10H8N2O2/c11-8-2-1-6-3-4-12-5-7(6)9(8)10(13)14/h1-5H,11H2,(H,13,14). The number of hydrogen-bond donors (Lipinski definition) is 2. The summed E-state index contributed by atoms with van der Waals surface area (Å²) in [4.78, 5) is 14.8. The Labute approximate surface area is 80.0 Å². The fourth-order valence-electron chi connectivity index (χ4n) is 1.42. The summed E-state index contributed by atoms with van der Waals surface area (Å²) < 4.78 is 0. The second-order valence-electron chi connectivity index (χ2n) is 2.93. The number of fused-ring (bicyclic) bond motifs is 1. The molecule has 2 aromatic rings. The number of anilines is 1. The number of aromatic carboxylic acids is 1. The Morgan fingerprint density at radius 3 is 2.86 bits per heavy atom. The Balaban J connectivity index is 2.90. The third-order valence-electron chi connectivity index (χ3n) is 2.07. The molecule has 1 heterocycles. The van der Waals surface area contributed by atoms with Gasteiger partial charge in [-0.2, -0.15) is 0 Å². The molecule has 0 amide bonds. The van der Waals surface area contributed by atoms with E-state index < -0.39 is 5.97 Å². The Hall–Kier alpha value is -2.10. The van der Waals surface area contributed by atoms with E-state index in [0.29, 0.717) is 5.39 Å². The van der Waals surface area contributed by atoms with Gasteiger partial charge in [-0.05, 0) is 17.5 Å². The molecule has 0 aliphatic heterocycles. The van der Waals surface area contributed by atoms with Crippen molar-refractivity contribution in [2.45, 2.75) is 0 Å². The van der Waals surface area contributed by atoms with Crippen molar-refractivity contribution in [3.8, 4) is 0 Å². The van der Waals surface area contributed by atoms with Gasteiger partial charge in [-0.25, -0.2) is 4.79 Å². The van der Waals surface area contributed by atoms with Crippen LogP contribution in [-0.2, 0) is 0 Å². The van der Waals surface area contributed by atoms with E-state index in [1.54, 1.807) is 24.4 Å². The lowest BCUT2D eigenvalue weighted by atomic mass is 10.1. The van der Waals surface area contributed by atoms with Crippen molar-refractivity contribution in [3.63, 3.8) is 0 Å². The molecule has 1 aromatic carbocycles. The molecule has 0 unspecified atom stereocenters. The maximum absolute atomic E-state index is 10.9. The molecule has 0 atom stereocenters. The molecule has 4 heteroatoms. The molecule has 0 radical (unpaired) electrons. The Morgan fingerprint density at radius 1 is 1.36 bits per heavy atom. The van der Waals surface area contributed by atoms with Crippen LogP contribution in [-0.4, -0.2) is 16.1 Å². The van der Waals surface area contributed by atoms with Gasteiger partial charge in [0.05, 0.1) is 5.56 Å². The van der Waals surface area contributed by atoms with Crippen molar-refractivity contribution >= 4 is 22.4 Å². The molecule has 14 heavy (non-hydrogen) atoms. The van der Waals surface area contributed by atoms with Crippen LogP contribution in [0.3, 0.4) is 0 Å². The number of hydrogen-bond acceptors (Lipinski definition) is 3. The van der Waals surface area contributed by atoms with Crippen LogP contribution in [0.2, 0.25) is 0 Å². The first kappa shape index (κ1) is 8.50. The van der Waals surface area contributed by atoms with Gasteiger partial charge in [0.25, 0.3) is 0 Å². The third kappa shape index (κ3) is 1.17. The fourth-order valence-corrected chi connectivity index (χ4v) is 1.42. The van der Waals surface area contributed by atoms with Gasteiger partial charge >= 0.3 is 5.97 Å². The summed E-state index contributed by atoms with van der Waals surface area (Å²) in [5, 5.41) is 10.4. The summed E-state index contributed by atoms with van der Waals surface area (Å²) in [5.74, 6) is -1.03. The SMILES string of the molecule is Nc1ccc2ccncc2c1C(=O)O. The molecule has 3 N–H and O–H groups in total. The van der Waals surface area contributed by atoms with Crippen molar-refractivity contribution in [3.05, 3.63) is 36.2 Å². The first-order valence-electron chi connectivity index (χ1n) is 4.05. The largest absolute Gasteiger partial charge is 0.478 e. The number of carboxylic acids is 1. The Bertz CT molecular complexity index is 508. The van der Waals surface area contributed by atoms with Gasteiger partial charge in [0.2, 0.25) is 0 Å². The average molecular weight is 188 g/mol. The molecular weight excluding hydrogens is 180 g/mol. The minimum absolute atomic E-state index is 0.121. The first-order chi connectivity index (χ1) is 6.70. The number of nitrogens with two attached hydrogens (primary N) is 1. The molecule has 70 valence electrons. The molecule has 0 saturated heterocycles. The monoisotopic (exact) mass is 188 g/mol. The van der Waals surface area contributed by atoms with E-state index in [-0.39, 0.29) is 11.3 Å². The van der Waals surface area contributed by atoms with E-state index in [2.05, 4.69) is 4.98 Å². The van der Waals surface area contributed by atoms with Gasteiger partial charge < -0.3 is 10.8 Å². The van der Waals surface area contributed by atoms with Crippen LogP contribution >= 0.6 is 0 Å². The highest BCUT2D eigenvalue weighted by Gasteiger charge is 2.11. The van der Waals surface area contributed by atoms with E-state index in [1.165, 1.54) is 6.20 Å². The maximum Gasteiger partial charge on any atom is 0.338 e. The number of nitrogens with zero attached hydrogens (tertiary/aromatic N) is 1. The fraction of sp³-hybridized carbons (Fsp3) is 0. The molecule has 0 aliphatic carbocycles. The lowest BCUT2D eigenvalue weighted by molar-refractivity contribution is 0.0700. The second kappa shape index (κ2) is 2.99. The number of rotatable bonds is 1. The highest BCUT2D eigenvalue weighted by molar-refractivity contribution is 6.07.